The molecule has 0 unspecified atom stereocenters. The molecule has 1 aliphatic rings. The normalized spacial score (nSPS) is 15.0. The molecule has 0 radical (unpaired) electrons. The lowest BCUT2D eigenvalue weighted by atomic mass is 9.85. The number of carbonyl (C=O) groups is 1. The number of carbonyl (C=O) groups excluding carboxylic acids is 1. The van der Waals surface area contributed by atoms with Crippen LogP contribution in [0.15, 0.2) is 46.8 Å². The minimum Gasteiger partial charge on any atom is -0.356 e. The Bertz CT molecular complexity index is 810. The van der Waals surface area contributed by atoms with Crippen LogP contribution in [-0.4, -0.2) is 25.5 Å². The van der Waals surface area contributed by atoms with Crippen molar-refractivity contribution in [1.82, 2.24) is 10.6 Å². The molecular weight excluding hydrogens is 368 g/mol. The number of thiophene rings is 1. The SMILES string of the molecule is CN=C(NCc1cccc(NC(=O)C2CCC2)c1)NCC(C)(C)c1cccs1. The van der Waals surface area contributed by atoms with E-state index in [0.29, 0.717) is 6.54 Å². The zero-order valence-corrected chi connectivity index (χ0v) is 17.7. The van der Waals surface area contributed by atoms with Crippen molar-refractivity contribution in [3.8, 4) is 0 Å². The number of nitrogens with one attached hydrogen (secondary N) is 3. The van der Waals surface area contributed by atoms with Gasteiger partial charge in [0.25, 0.3) is 0 Å². The van der Waals surface area contributed by atoms with Crippen LogP contribution in [0, 0.1) is 5.92 Å². The highest BCUT2D eigenvalue weighted by Gasteiger charge is 2.25. The van der Waals surface area contributed by atoms with Gasteiger partial charge < -0.3 is 16.0 Å². The van der Waals surface area contributed by atoms with Crippen LogP contribution >= 0.6 is 11.3 Å². The second-order valence-electron chi connectivity index (χ2n) is 7.96. The van der Waals surface area contributed by atoms with Crippen LogP contribution in [0.3, 0.4) is 0 Å². The lowest BCUT2D eigenvalue weighted by Gasteiger charge is -2.25. The molecule has 2 aromatic rings. The summed E-state index contributed by atoms with van der Waals surface area (Å²) in [5.41, 5.74) is 2.00. The zero-order chi connectivity index (χ0) is 20.0. The maximum Gasteiger partial charge on any atom is 0.227 e. The van der Waals surface area contributed by atoms with Crippen LogP contribution < -0.4 is 16.0 Å². The van der Waals surface area contributed by atoms with Crippen molar-refractivity contribution in [2.75, 3.05) is 18.9 Å². The minimum atomic E-state index is 0.0392. The van der Waals surface area contributed by atoms with Crippen LogP contribution in [0.5, 0.6) is 0 Å². The molecule has 150 valence electrons. The van der Waals surface area contributed by atoms with Gasteiger partial charge in [0.05, 0.1) is 0 Å². The summed E-state index contributed by atoms with van der Waals surface area (Å²) >= 11 is 1.78. The van der Waals surface area contributed by atoms with E-state index in [1.54, 1.807) is 18.4 Å². The molecule has 1 aromatic heterocycles. The number of hydrogen-bond donors (Lipinski definition) is 3. The van der Waals surface area contributed by atoms with Gasteiger partial charge >= 0.3 is 0 Å². The van der Waals surface area contributed by atoms with E-state index in [2.05, 4.69) is 58.4 Å². The lowest BCUT2D eigenvalue weighted by molar-refractivity contribution is -0.122. The van der Waals surface area contributed by atoms with E-state index in [1.165, 1.54) is 4.88 Å². The smallest absolute Gasteiger partial charge is 0.227 e. The first kappa shape index (κ1) is 20.4. The highest BCUT2D eigenvalue weighted by molar-refractivity contribution is 7.10. The molecule has 1 saturated carbocycles. The van der Waals surface area contributed by atoms with Gasteiger partial charge in [-0.2, -0.15) is 0 Å². The Morgan fingerprint density at radius 3 is 2.68 bits per heavy atom. The van der Waals surface area contributed by atoms with E-state index in [9.17, 15) is 4.79 Å². The molecular formula is C22H30N4OS. The Labute approximate surface area is 171 Å². The number of hydrogen-bond acceptors (Lipinski definition) is 3. The highest BCUT2D eigenvalue weighted by Crippen LogP contribution is 2.28. The van der Waals surface area contributed by atoms with Gasteiger partial charge in [-0.15, -0.1) is 11.3 Å². The fourth-order valence-electron chi connectivity index (χ4n) is 3.14. The van der Waals surface area contributed by atoms with Crippen LogP contribution in [-0.2, 0) is 16.8 Å². The van der Waals surface area contributed by atoms with Crippen LogP contribution in [0.1, 0.15) is 43.6 Å². The summed E-state index contributed by atoms with van der Waals surface area (Å²) in [7, 11) is 1.78. The average molecular weight is 399 g/mol. The number of amides is 1. The van der Waals surface area contributed by atoms with Crippen LogP contribution in [0.4, 0.5) is 5.69 Å². The van der Waals surface area contributed by atoms with E-state index in [-0.39, 0.29) is 17.2 Å². The van der Waals surface area contributed by atoms with Gasteiger partial charge in [-0.3, -0.25) is 9.79 Å². The van der Waals surface area contributed by atoms with Gasteiger partial charge in [0.1, 0.15) is 0 Å². The first-order valence-corrected chi connectivity index (χ1v) is 10.7. The van der Waals surface area contributed by atoms with Gasteiger partial charge in [0, 0.05) is 42.0 Å². The molecule has 6 heteroatoms. The Morgan fingerprint density at radius 1 is 1.21 bits per heavy atom. The maximum atomic E-state index is 12.1. The van der Waals surface area contributed by atoms with Crippen molar-refractivity contribution >= 4 is 28.9 Å². The first-order valence-electron chi connectivity index (χ1n) is 9.86. The number of nitrogens with zero attached hydrogens (tertiary/aromatic N) is 1. The van der Waals surface area contributed by atoms with E-state index in [0.717, 1.165) is 43.0 Å². The fraction of sp³-hybridized carbons (Fsp3) is 0.455. The predicted octanol–water partition coefficient (Wildman–Crippen LogP) is 4.13. The molecule has 3 rings (SSSR count). The second kappa shape index (κ2) is 9.24. The van der Waals surface area contributed by atoms with Crippen molar-refractivity contribution in [1.29, 1.82) is 0 Å². The molecule has 0 spiro atoms. The molecule has 1 aliphatic carbocycles. The van der Waals surface area contributed by atoms with E-state index in [4.69, 9.17) is 0 Å². The minimum absolute atomic E-state index is 0.0392. The Balaban J connectivity index is 1.50. The quantitative estimate of drug-likeness (QED) is 0.485. The van der Waals surface area contributed by atoms with Gasteiger partial charge in [0.15, 0.2) is 5.96 Å². The number of rotatable bonds is 7. The molecule has 0 saturated heterocycles. The number of aliphatic imine (C=N–C) groups is 1. The van der Waals surface area contributed by atoms with Gasteiger partial charge in [-0.05, 0) is 42.0 Å². The Kier molecular flexibility index (Phi) is 6.73. The maximum absolute atomic E-state index is 12.1. The average Bonchev–Trinajstić information content (AvgIpc) is 3.16. The highest BCUT2D eigenvalue weighted by atomic mass is 32.1. The summed E-state index contributed by atoms with van der Waals surface area (Å²) in [4.78, 5) is 17.8. The summed E-state index contributed by atoms with van der Waals surface area (Å²) in [6.45, 7) is 5.90. The third-order valence-corrected chi connectivity index (χ3v) is 6.48. The van der Waals surface area contributed by atoms with Crippen molar-refractivity contribution < 1.29 is 4.79 Å². The molecule has 3 N–H and O–H groups in total. The van der Waals surface area contributed by atoms with E-state index < -0.39 is 0 Å². The van der Waals surface area contributed by atoms with E-state index >= 15 is 0 Å². The molecule has 1 fully saturated rings. The third-order valence-electron chi connectivity index (χ3n) is 5.24. The van der Waals surface area contributed by atoms with Gasteiger partial charge in [-0.1, -0.05) is 38.5 Å². The largest absolute Gasteiger partial charge is 0.356 e. The predicted molar refractivity (Wildman–Crippen MR) is 118 cm³/mol. The fourth-order valence-corrected chi connectivity index (χ4v) is 3.99. The van der Waals surface area contributed by atoms with E-state index in [1.807, 2.05) is 18.2 Å². The van der Waals surface area contributed by atoms with Crippen molar-refractivity contribution in [2.24, 2.45) is 10.9 Å². The molecule has 0 aliphatic heterocycles. The summed E-state index contributed by atoms with van der Waals surface area (Å²) < 4.78 is 0. The topological polar surface area (TPSA) is 65.5 Å². The number of guanidine groups is 1. The Hall–Kier alpha value is -2.34. The Morgan fingerprint density at radius 2 is 2.04 bits per heavy atom. The summed E-state index contributed by atoms with van der Waals surface area (Å²) in [5.74, 6) is 1.11. The van der Waals surface area contributed by atoms with Crippen molar-refractivity contribution in [3.63, 3.8) is 0 Å². The monoisotopic (exact) mass is 398 g/mol. The lowest BCUT2D eigenvalue weighted by Crippen LogP contribution is -2.42. The molecule has 5 nitrogen and oxygen atoms in total. The van der Waals surface area contributed by atoms with Crippen molar-refractivity contribution in [3.05, 3.63) is 52.2 Å². The first-order chi connectivity index (χ1) is 13.5. The number of anilines is 1. The molecule has 28 heavy (non-hydrogen) atoms. The molecule has 1 amide bonds. The molecule has 0 bridgehead atoms. The van der Waals surface area contributed by atoms with Crippen LogP contribution in [0.2, 0.25) is 0 Å². The summed E-state index contributed by atoms with van der Waals surface area (Å²) in [6.07, 6.45) is 3.19. The zero-order valence-electron chi connectivity index (χ0n) is 16.9. The van der Waals surface area contributed by atoms with Gasteiger partial charge in [-0.25, -0.2) is 0 Å². The van der Waals surface area contributed by atoms with Crippen LogP contribution in [0.25, 0.3) is 0 Å². The number of benzene rings is 1. The third kappa shape index (κ3) is 5.35. The summed E-state index contributed by atoms with van der Waals surface area (Å²) in [5, 5.41) is 11.9. The molecule has 1 heterocycles. The van der Waals surface area contributed by atoms with Crippen molar-refractivity contribution in [2.45, 2.75) is 45.1 Å². The molecule has 1 aromatic carbocycles. The van der Waals surface area contributed by atoms with Gasteiger partial charge in [0.2, 0.25) is 5.91 Å². The summed E-state index contributed by atoms with van der Waals surface area (Å²) in [6, 6.07) is 12.2. The second-order valence-corrected chi connectivity index (χ2v) is 8.91. The molecule has 0 atom stereocenters. The standard InChI is InChI=1S/C22H30N4OS/c1-22(2,19-11-6-12-28-19)15-25-21(23-3)24-14-16-7-4-10-18(13-16)26-20(27)17-8-5-9-17/h4,6-7,10-13,17H,5,8-9,14-15H2,1-3H3,(H,26,27)(H2,23,24,25).